The zero-order valence-corrected chi connectivity index (χ0v) is 10.2. The van der Waals surface area contributed by atoms with Crippen LogP contribution in [-0.4, -0.2) is 23.4 Å². The second-order valence-electron chi connectivity index (χ2n) is 4.49. The second kappa shape index (κ2) is 3.68. The van der Waals surface area contributed by atoms with Crippen molar-refractivity contribution in [2.24, 2.45) is 5.73 Å². The van der Waals surface area contributed by atoms with Crippen LogP contribution in [0.25, 0.3) is 10.9 Å². The predicted octanol–water partition coefficient (Wildman–Crippen LogP) is 0.0768. The van der Waals surface area contributed by atoms with Gasteiger partial charge in [-0.2, -0.15) is 0 Å². The quantitative estimate of drug-likeness (QED) is 0.784. The molecule has 3 rings (SSSR count). The van der Waals surface area contributed by atoms with Crippen molar-refractivity contribution in [3.8, 4) is 0 Å². The highest BCUT2D eigenvalue weighted by atomic mass is 16.2. The van der Waals surface area contributed by atoms with Crippen LogP contribution in [0.5, 0.6) is 0 Å². The first-order chi connectivity index (χ1) is 9.00. The molecular weight excluding hydrogens is 246 g/mol. The van der Waals surface area contributed by atoms with Crippen molar-refractivity contribution in [2.75, 3.05) is 11.9 Å². The third-order valence-corrected chi connectivity index (χ3v) is 3.38. The monoisotopic (exact) mass is 257 g/mol. The van der Waals surface area contributed by atoms with Gasteiger partial charge in [0.05, 0.1) is 11.2 Å². The lowest BCUT2D eigenvalue weighted by molar-refractivity contribution is -0.119. The number of hydrogen-bond acceptors (Lipinski definition) is 3. The second-order valence-corrected chi connectivity index (χ2v) is 4.49. The van der Waals surface area contributed by atoms with Gasteiger partial charge in [0.2, 0.25) is 11.3 Å². The normalized spacial score (nSPS) is 13.9. The summed E-state index contributed by atoms with van der Waals surface area (Å²) in [4.78, 5) is 36.9. The molecule has 0 aliphatic carbocycles. The van der Waals surface area contributed by atoms with Gasteiger partial charge in [-0.3, -0.25) is 14.4 Å². The van der Waals surface area contributed by atoms with Crippen LogP contribution in [0, 0.1) is 0 Å². The number of rotatable bonds is 1. The van der Waals surface area contributed by atoms with Crippen molar-refractivity contribution < 1.29 is 9.59 Å². The van der Waals surface area contributed by atoms with Crippen molar-refractivity contribution in [1.82, 2.24) is 4.57 Å². The van der Waals surface area contributed by atoms with Crippen molar-refractivity contribution in [1.29, 1.82) is 0 Å². The number of benzene rings is 1. The predicted molar refractivity (Wildman–Crippen MR) is 70.1 cm³/mol. The molecule has 0 atom stereocenters. The minimum absolute atomic E-state index is 0.0879. The van der Waals surface area contributed by atoms with Crippen LogP contribution in [0.1, 0.15) is 10.4 Å². The van der Waals surface area contributed by atoms with E-state index in [1.54, 1.807) is 29.8 Å². The minimum Gasteiger partial charge on any atom is -0.365 e. The van der Waals surface area contributed by atoms with Gasteiger partial charge in [0.25, 0.3) is 5.91 Å². The molecule has 2 aromatic rings. The number of anilines is 1. The summed E-state index contributed by atoms with van der Waals surface area (Å²) in [5.41, 5.74) is 6.01. The Morgan fingerprint density at radius 1 is 1.32 bits per heavy atom. The number of aromatic nitrogens is 1. The lowest BCUT2D eigenvalue weighted by Gasteiger charge is -2.27. The summed E-state index contributed by atoms with van der Waals surface area (Å²) in [5, 5.41) is 0.396. The number of amides is 2. The molecule has 19 heavy (non-hydrogen) atoms. The number of nitrogens with two attached hydrogens (primary N) is 1. The SMILES string of the molecule is CN1C(=O)Cn2cc(C(N)=O)c(=O)c3cccc1c32. The van der Waals surface area contributed by atoms with Gasteiger partial charge in [-0.15, -0.1) is 0 Å². The van der Waals surface area contributed by atoms with Crippen LogP contribution in [-0.2, 0) is 11.3 Å². The van der Waals surface area contributed by atoms with E-state index < -0.39 is 11.3 Å². The summed E-state index contributed by atoms with van der Waals surface area (Å²) in [6.45, 7) is 0.0879. The molecule has 0 radical (unpaired) electrons. The summed E-state index contributed by atoms with van der Waals surface area (Å²) in [6, 6.07) is 5.08. The number of carbonyl (C=O) groups excluding carboxylic acids is 2. The Labute approximate surface area is 108 Å². The maximum Gasteiger partial charge on any atom is 0.254 e. The Morgan fingerprint density at radius 3 is 2.74 bits per heavy atom. The van der Waals surface area contributed by atoms with Gasteiger partial charge in [0.15, 0.2) is 0 Å². The number of likely N-dealkylation sites (N-methyl/N-ethyl adjacent to an activating group) is 1. The third-order valence-electron chi connectivity index (χ3n) is 3.38. The summed E-state index contributed by atoms with van der Waals surface area (Å²) in [7, 11) is 1.66. The molecule has 1 aromatic heterocycles. The van der Waals surface area contributed by atoms with Crippen molar-refractivity contribution in [3.05, 3.63) is 40.2 Å². The fourth-order valence-corrected chi connectivity index (χ4v) is 2.40. The highest BCUT2D eigenvalue weighted by molar-refractivity contribution is 6.06. The van der Waals surface area contributed by atoms with E-state index in [2.05, 4.69) is 0 Å². The standard InChI is InChI=1S/C13H11N3O3/c1-15-9-4-2-3-7-11(9)16(6-10(15)17)5-8(12(7)18)13(14)19/h2-5H,6H2,1H3,(H2,14,19). The fourth-order valence-electron chi connectivity index (χ4n) is 2.40. The van der Waals surface area contributed by atoms with Gasteiger partial charge in [0, 0.05) is 18.6 Å². The van der Waals surface area contributed by atoms with Crippen molar-refractivity contribution in [3.63, 3.8) is 0 Å². The summed E-state index contributed by atoms with van der Waals surface area (Å²) in [6.07, 6.45) is 1.36. The maximum absolute atomic E-state index is 12.2. The molecule has 6 heteroatoms. The molecule has 0 fully saturated rings. The van der Waals surface area contributed by atoms with Gasteiger partial charge in [-0.05, 0) is 12.1 Å². The molecule has 2 N–H and O–H groups in total. The van der Waals surface area contributed by atoms with Crippen LogP contribution in [0.15, 0.2) is 29.2 Å². The molecule has 0 spiro atoms. The van der Waals surface area contributed by atoms with E-state index in [9.17, 15) is 14.4 Å². The minimum atomic E-state index is -0.785. The van der Waals surface area contributed by atoms with Crippen molar-refractivity contribution in [2.45, 2.75) is 6.54 Å². The summed E-state index contributed by atoms with van der Waals surface area (Å²) >= 11 is 0. The van der Waals surface area contributed by atoms with Crippen LogP contribution < -0.4 is 16.1 Å². The first kappa shape index (κ1) is 11.5. The van der Waals surface area contributed by atoms with Gasteiger partial charge >= 0.3 is 0 Å². The number of primary amides is 1. The maximum atomic E-state index is 12.2. The van der Waals surface area contributed by atoms with Gasteiger partial charge in [0.1, 0.15) is 12.1 Å². The average molecular weight is 257 g/mol. The zero-order valence-electron chi connectivity index (χ0n) is 10.2. The molecular formula is C13H11N3O3. The van der Waals surface area contributed by atoms with Gasteiger partial charge in [-0.25, -0.2) is 0 Å². The molecule has 6 nitrogen and oxygen atoms in total. The summed E-state index contributed by atoms with van der Waals surface area (Å²) < 4.78 is 1.61. The van der Waals surface area contributed by atoms with Gasteiger partial charge in [-0.1, -0.05) is 6.07 Å². The Kier molecular flexibility index (Phi) is 2.22. The lowest BCUT2D eigenvalue weighted by atomic mass is 10.1. The lowest BCUT2D eigenvalue weighted by Crippen LogP contribution is -2.36. The molecule has 0 saturated heterocycles. The Hall–Kier alpha value is -2.63. The van der Waals surface area contributed by atoms with E-state index in [4.69, 9.17) is 5.73 Å². The van der Waals surface area contributed by atoms with Crippen LogP contribution >= 0.6 is 0 Å². The molecule has 0 saturated carbocycles. The molecule has 0 unspecified atom stereocenters. The molecule has 1 aliphatic heterocycles. The molecule has 0 bridgehead atoms. The summed E-state index contributed by atoms with van der Waals surface area (Å²) in [5.74, 6) is -0.897. The van der Waals surface area contributed by atoms with E-state index in [0.717, 1.165) is 0 Å². The molecule has 2 heterocycles. The average Bonchev–Trinajstić information content (AvgIpc) is 2.38. The van der Waals surface area contributed by atoms with Crippen LogP contribution in [0.4, 0.5) is 5.69 Å². The number of hydrogen-bond donors (Lipinski definition) is 1. The third kappa shape index (κ3) is 1.46. The van der Waals surface area contributed by atoms with E-state index in [-0.39, 0.29) is 18.0 Å². The fraction of sp³-hybridized carbons (Fsp3) is 0.154. The van der Waals surface area contributed by atoms with Gasteiger partial charge < -0.3 is 15.2 Å². The zero-order chi connectivity index (χ0) is 13.7. The number of para-hydroxylation sites is 1. The topological polar surface area (TPSA) is 85.4 Å². The highest BCUT2D eigenvalue weighted by Gasteiger charge is 2.24. The first-order valence-corrected chi connectivity index (χ1v) is 5.73. The van der Waals surface area contributed by atoms with E-state index in [1.807, 2.05) is 0 Å². The number of carbonyl (C=O) groups is 2. The number of nitrogens with zero attached hydrogens (tertiary/aromatic N) is 2. The Bertz CT molecular complexity index is 792. The van der Waals surface area contributed by atoms with E-state index in [0.29, 0.717) is 16.6 Å². The van der Waals surface area contributed by atoms with E-state index in [1.165, 1.54) is 11.1 Å². The highest BCUT2D eigenvalue weighted by Crippen LogP contribution is 2.28. The molecule has 1 aromatic carbocycles. The molecule has 96 valence electrons. The van der Waals surface area contributed by atoms with Crippen LogP contribution in [0.2, 0.25) is 0 Å². The number of pyridine rings is 1. The smallest absolute Gasteiger partial charge is 0.254 e. The van der Waals surface area contributed by atoms with Crippen molar-refractivity contribution >= 4 is 28.4 Å². The first-order valence-electron chi connectivity index (χ1n) is 5.73. The molecule has 2 amide bonds. The van der Waals surface area contributed by atoms with E-state index >= 15 is 0 Å². The largest absolute Gasteiger partial charge is 0.365 e. The van der Waals surface area contributed by atoms with Crippen LogP contribution in [0.3, 0.4) is 0 Å². The Balaban J connectivity index is 2.50. The molecule has 1 aliphatic rings. The Morgan fingerprint density at radius 2 is 2.05 bits per heavy atom.